The molecule has 1 aromatic rings. The van der Waals surface area contributed by atoms with Crippen molar-refractivity contribution >= 4 is 5.96 Å². The highest BCUT2D eigenvalue weighted by atomic mass is 15.2. The summed E-state index contributed by atoms with van der Waals surface area (Å²) in [5.41, 5.74) is 7.21. The summed E-state index contributed by atoms with van der Waals surface area (Å²) in [7, 11) is 2.18. The molecule has 4 nitrogen and oxygen atoms in total. The Bertz CT molecular complexity index is 425. The van der Waals surface area contributed by atoms with Gasteiger partial charge in [-0.1, -0.05) is 30.3 Å². The third kappa shape index (κ3) is 4.85. The van der Waals surface area contributed by atoms with Crippen molar-refractivity contribution in [2.75, 3.05) is 20.1 Å². The zero-order valence-corrected chi connectivity index (χ0v) is 12.5. The van der Waals surface area contributed by atoms with E-state index in [1.54, 1.807) is 0 Å². The Morgan fingerprint density at radius 1 is 1.40 bits per heavy atom. The van der Waals surface area contributed by atoms with E-state index in [0.29, 0.717) is 12.0 Å². The number of hydrogen-bond acceptors (Lipinski definition) is 2. The Morgan fingerprint density at radius 2 is 2.10 bits per heavy atom. The molecule has 0 heterocycles. The van der Waals surface area contributed by atoms with Gasteiger partial charge >= 0.3 is 0 Å². The minimum absolute atomic E-state index is 0.456. The lowest BCUT2D eigenvalue weighted by molar-refractivity contribution is 0.253. The summed E-state index contributed by atoms with van der Waals surface area (Å²) in [6, 6.07) is 11.6. The van der Waals surface area contributed by atoms with Crippen LogP contribution < -0.4 is 11.1 Å². The Balaban J connectivity index is 1.66. The highest BCUT2D eigenvalue weighted by Gasteiger charge is 2.28. The van der Waals surface area contributed by atoms with Gasteiger partial charge in [-0.2, -0.15) is 0 Å². The third-order valence-electron chi connectivity index (χ3n) is 3.91. The van der Waals surface area contributed by atoms with E-state index in [-0.39, 0.29) is 0 Å². The van der Waals surface area contributed by atoms with Gasteiger partial charge in [0.25, 0.3) is 0 Å². The van der Waals surface area contributed by atoms with Crippen LogP contribution in [0.1, 0.15) is 25.3 Å². The first-order valence-electron chi connectivity index (χ1n) is 7.46. The van der Waals surface area contributed by atoms with Crippen molar-refractivity contribution in [1.29, 1.82) is 0 Å². The van der Waals surface area contributed by atoms with Crippen LogP contribution in [0.2, 0.25) is 0 Å². The van der Waals surface area contributed by atoms with E-state index in [9.17, 15) is 0 Å². The van der Waals surface area contributed by atoms with Crippen LogP contribution in [0, 0.1) is 0 Å². The van der Waals surface area contributed by atoms with Gasteiger partial charge in [0, 0.05) is 18.6 Å². The second kappa shape index (κ2) is 7.29. The Hall–Kier alpha value is -1.55. The monoisotopic (exact) mass is 274 g/mol. The molecule has 1 aliphatic carbocycles. The minimum Gasteiger partial charge on any atom is -0.370 e. The van der Waals surface area contributed by atoms with Crippen molar-refractivity contribution in [3.05, 3.63) is 35.9 Å². The molecule has 1 aliphatic rings. The summed E-state index contributed by atoms with van der Waals surface area (Å²) >= 11 is 0. The molecule has 110 valence electrons. The molecule has 0 spiro atoms. The van der Waals surface area contributed by atoms with Crippen molar-refractivity contribution < 1.29 is 0 Å². The molecule has 3 N–H and O–H groups in total. The fourth-order valence-corrected chi connectivity index (χ4v) is 2.24. The lowest BCUT2D eigenvalue weighted by Gasteiger charge is -2.22. The topological polar surface area (TPSA) is 53.6 Å². The van der Waals surface area contributed by atoms with Crippen LogP contribution in [0.3, 0.4) is 0 Å². The predicted molar refractivity (Wildman–Crippen MR) is 84.9 cm³/mol. The zero-order valence-electron chi connectivity index (χ0n) is 12.5. The van der Waals surface area contributed by atoms with Crippen molar-refractivity contribution in [1.82, 2.24) is 10.2 Å². The summed E-state index contributed by atoms with van der Waals surface area (Å²) < 4.78 is 0. The van der Waals surface area contributed by atoms with Gasteiger partial charge in [-0.25, -0.2) is 0 Å². The molecule has 0 aromatic heterocycles. The molecule has 0 saturated heterocycles. The summed E-state index contributed by atoms with van der Waals surface area (Å²) in [6.45, 7) is 3.79. The van der Waals surface area contributed by atoms with Crippen LogP contribution >= 0.6 is 0 Å². The van der Waals surface area contributed by atoms with Crippen molar-refractivity contribution in [2.45, 2.75) is 38.3 Å². The molecular formula is C16H26N4. The number of guanidine groups is 1. The largest absolute Gasteiger partial charge is 0.370 e. The average Bonchev–Trinajstić information content (AvgIpc) is 3.29. The number of nitrogens with one attached hydrogen (secondary N) is 1. The summed E-state index contributed by atoms with van der Waals surface area (Å²) in [5, 5.41) is 3.18. The Labute approximate surface area is 122 Å². The number of likely N-dealkylation sites (N-methyl/N-ethyl adjacent to an activating group) is 1. The SMILES string of the molecule is CC(CN=C(N)NCCc1ccccc1)N(C)C1CC1. The fourth-order valence-electron chi connectivity index (χ4n) is 2.24. The molecule has 0 aliphatic heterocycles. The maximum atomic E-state index is 5.90. The lowest BCUT2D eigenvalue weighted by atomic mass is 10.1. The molecule has 0 bridgehead atoms. The summed E-state index contributed by atoms with van der Waals surface area (Å²) in [5.74, 6) is 0.553. The van der Waals surface area contributed by atoms with E-state index in [0.717, 1.165) is 25.6 Å². The van der Waals surface area contributed by atoms with E-state index in [4.69, 9.17) is 5.73 Å². The third-order valence-corrected chi connectivity index (χ3v) is 3.91. The molecule has 2 rings (SSSR count). The van der Waals surface area contributed by atoms with Crippen LogP contribution in [-0.4, -0.2) is 43.1 Å². The first-order valence-corrected chi connectivity index (χ1v) is 7.46. The normalized spacial score (nSPS) is 17.2. The molecule has 1 saturated carbocycles. The molecule has 1 fully saturated rings. The van der Waals surface area contributed by atoms with Gasteiger partial charge in [-0.15, -0.1) is 0 Å². The first kappa shape index (κ1) is 14.9. The number of rotatable bonds is 7. The number of benzene rings is 1. The molecule has 1 aromatic carbocycles. The highest BCUT2D eigenvalue weighted by molar-refractivity contribution is 5.77. The zero-order chi connectivity index (χ0) is 14.4. The Morgan fingerprint density at radius 3 is 2.75 bits per heavy atom. The van der Waals surface area contributed by atoms with Gasteiger partial charge in [0.2, 0.25) is 0 Å². The van der Waals surface area contributed by atoms with E-state index in [1.807, 2.05) is 6.07 Å². The fraction of sp³-hybridized carbons (Fsp3) is 0.562. The predicted octanol–water partition coefficient (Wildman–Crippen LogP) is 1.62. The number of nitrogens with zero attached hydrogens (tertiary/aromatic N) is 2. The lowest BCUT2D eigenvalue weighted by Crippen LogP contribution is -2.37. The van der Waals surface area contributed by atoms with Gasteiger partial charge in [0.15, 0.2) is 5.96 Å². The van der Waals surface area contributed by atoms with Gasteiger partial charge in [-0.3, -0.25) is 9.89 Å². The number of nitrogens with two attached hydrogens (primary N) is 1. The molecule has 0 amide bonds. The van der Waals surface area contributed by atoms with E-state index < -0.39 is 0 Å². The van der Waals surface area contributed by atoms with E-state index >= 15 is 0 Å². The van der Waals surface area contributed by atoms with Crippen molar-refractivity contribution in [3.63, 3.8) is 0 Å². The number of aliphatic imine (C=N–C) groups is 1. The smallest absolute Gasteiger partial charge is 0.188 e. The molecule has 4 heteroatoms. The van der Waals surface area contributed by atoms with Crippen LogP contribution in [0.4, 0.5) is 0 Å². The van der Waals surface area contributed by atoms with Crippen LogP contribution in [0.15, 0.2) is 35.3 Å². The van der Waals surface area contributed by atoms with Gasteiger partial charge in [0.05, 0.1) is 6.54 Å². The van der Waals surface area contributed by atoms with Crippen LogP contribution in [0.5, 0.6) is 0 Å². The van der Waals surface area contributed by atoms with Crippen molar-refractivity contribution in [3.8, 4) is 0 Å². The van der Waals surface area contributed by atoms with Crippen LogP contribution in [0.25, 0.3) is 0 Å². The van der Waals surface area contributed by atoms with E-state index in [1.165, 1.54) is 18.4 Å². The molecule has 20 heavy (non-hydrogen) atoms. The maximum Gasteiger partial charge on any atom is 0.188 e. The first-order chi connectivity index (χ1) is 9.66. The highest BCUT2D eigenvalue weighted by Crippen LogP contribution is 2.26. The van der Waals surface area contributed by atoms with Crippen LogP contribution in [-0.2, 0) is 6.42 Å². The maximum absolute atomic E-state index is 5.90. The minimum atomic E-state index is 0.456. The summed E-state index contributed by atoms with van der Waals surface area (Å²) in [4.78, 5) is 6.83. The second-order valence-corrected chi connectivity index (χ2v) is 5.63. The number of hydrogen-bond donors (Lipinski definition) is 2. The molecule has 1 atom stereocenters. The van der Waals surface area contributed by atoms with E-state index in [2.05, 4.69) is 53.4 Å². The Kier molecular flexibility index (Phi) is 5.41. The quantitative estimate of drug-likeness (QED) is 0.587. The van der Waals surface area contributed by atoms with Gasteiger partial charge in [-0.05, 0) is 38.8 Å². The van der Waals surface area contributed by atoms with Gasteiger partial charge < -0.3 is 11.1 Å². The molecular weight excluding hydrogens is 248 g/mol. The standard InChI is InChI=1S/C16H26N4/c1-13(20(2)15-8-9-15)12-19-16(17)18-11-10-14-6-4-3-5-7-14/h3-7,13,15H,8-12H2,1-2H3,(H3,17,18,19). The molecule has 1 unspecified atom stereocenters. The molecule has 0 radical (unpaired) electrons. The summed E-state index contributed by atoms with van der Waals surface area (Å²) in [6.07, 6.45) is 3.62. The van der Waals surface area contributed by atoms with Crippen molar-refractivity contribution in [2.24, 2.45) is 10.7 Å². The average molecular weight is 274 g/mol. The van der Waals surface area contributed by atoms with Gasteiger partial charge in [0.1, 0.15) is 0 Å². The second-order valence-electron chi connectivity index (χ2n) is 5.63.